The molecule has 0 amide bonds. The van der Waals surface area contributed by atoms with Gasteiger partial charge in [-0.2, -0.15) is 0 Å². The minimum atomic E-state index is 0.605. The van der Waals surface area contributed by atoms with Gasteiger partial charge in [0.25, 0.3) is 0 Å². The highest BCUT2D eigenvalue weighted by atomic mass is 35.5. The predicted molar refractivity (Wildman–Crippen MR) is 84.4 cm³/mol. The van der Waals surface area contributed by atoms with Crippen molar-refractivity contribution in [2.24, 2.45) is 5.73 Å². The van der Waals surface area contributed by atoms with Crippen LogP contribution in [0, 0.1) is 0 Å². The summed E-state index contributed by atoms with van der Waals surface area (Å²) in [6, 6.07) is 13.9. The smallest absolute Gasteiger partial charge is 0.171 e. The molecule has 3 N–H and O–H groups in total. The molecule has 0 saturated heterocycles. The summed E-state index contributed by atoms with van der Waals surface area (Å²) in [7, 11) is 0. The first-order valence-electron chi connectivity index (χ1n) is 6.38. The number of nitrogens with two attached hydrogens (primary N) is 1. The Labute approximate surface area is 126 Å². The molecule has 0 aliphatic rings. The van der Waals surface area contributed by atoms with Crippen molar-refractivity contribution < 1.29 is 0 Å². The molecule has 3 aromatic rings. The van der Waals surface area contributed by atoms with Crippen molar-refractivity contribution in [2.75, 3.05) is 6.54 Å². The Bertz CT molecular complexity index is 706. The molecule has 0 radical (unpaired) electrons. The van der Waals surface area contributed by atoms with Crippen LogP contribution in [0.3, 0.4) is 0 Å². The highest BCUT2D eigenvalue weighted by molar-refractivity contribution is 7.99. The third-order valence-corrected chi connectivity index (χ3v) is 4.53. The number of hydrogen-bond donors (Lipinski definition) is 2. The van der Waals surface area contributed by atoms with Gasteiger partial charge >= 0.3 is 0 Å². The largest absolute Gasteiger partial charge is 0.333 e. The molecule has 20 heavy (non-hydrogen) atoms. The molecular formula is C15H14ClN3S. The van der Waals surface area contributed by atoms with E-state index < -0.39 is 0 Å². The van der Waals surface area contributed by atoms with E-state index in [9.17, 15) is 0 Å². The molecular weight excluding hydrogens is 290 g/mol. The van der Waals surface area contributed by atoms with Crippen LogP contribution in [0.15, 0.2) is 52.5 Å². The second-order valence-electron chi connectivity index (χ2n) is 4.43. The van der Waals surface area contributed by atoms with Crippen molar-refractivity contribution in [1.29, 1.82) is 0 Å². The van der Waals surface area contributed by atoms with E-state index in [4.69, 9.17) is 17.3 Å². The number of imidazole rings is 1. The van der Waals surface area contributed by atoms with Crippen LogP contribution in [0.5, 0.6) is 0 Å². The number of halogens is 1. The van der Waals surface area contributed by atoms with Crippen molar-refractivity contribution in [3.05, 3.63) is 53.1 Å². The Morgan fingerprint density at radius 3 is 2.80 bits per heavy atom. The monoisotopic (exact) mass is 303 g/mol. The first-order chi connectivity index (χ1) is 9.78. The fourth-order valence-corrected chi connectivity index (χ4v) is 3.37. The lowest BCUT2D eigenvalue weighted by Gasteiger charge is -2.08. The van der Waals surface area contributed by atoms with Gasteiger partial charge < -0.3 is 10.7 Å². The maximum atomic E-state index is 6.31. The average Bonchev–Trinajstić information content (AvgIpc) is 2.85. The number of nitrogens with zero attached hydrogens (tertiary/aromatic N) is 1. The van der Waals surface area contributed by atoms with E-state index in [-0.39, 0.29) is 0 Å². The molecule has 0 atom stereocenters. The van der Waals surface area contributed by atoms with E-state index >= 15 is 0 Å². The Morgan fingerprint density at radius 2 is 2.00 bits per heavy atom. The zero-order valence-corrected chi connectivity index (χ0v) is 12.3. The molecule has 0 fully saturated rings. The number of nitrogens with one attached hydrogen (secondary N) is 1. The number of para-hydroxylation sites is 2. The number of H-pyrrole nitrogens is 1. The van der Waals surface area contributed by atoms with Gasteiger partial charge in [0.2, 0.25) is 0 Å². The number of aromatic amines is 1. The third-order valence-electron chi connectivity index (χ3n) is 3.03. The quantitative estimate of drug-likeness (QED) is 0.769. The molecule has 0 spiro atoms. The molecule has 1 heterocycles. The minimum Gasteiger partial charge on any atom is -0.333 e. The fraction of sp³-hybridized carbons (Fsp3) is 0.133. The van der Waals surface area contributed by atoms with Crippen LogP contribution in [0.4, 0.5) is 0 Å². The molecule has 0 aliphatic carbocycles. The molecule has 0 unspecified atom stereocenters. The summed E-state index contributed by atoms with van der Waals surface area (Å²) in [4.78, 5) is 8.90. The van der Waals surface area contributed by atoms with E-state index in [0.29, 0.717) is 6.54 Å². The van der Waals surface area contributed by atoms with Crippen LogP contribution in [0.25, 0.3) is 11.0 Å². The van der Waals surface area contributed by atoms with Gasteiger partial charge in [-0.1, -0.05) is 35.9 Å². The summed E-state index contributed by atoms with van der Waals surface area (Å²) >= 11 is 7.86. The molecule has 2 aromatic carbocycles. The van der Waals surface area contributed by atoms with Crippen LogP contribution in [-0.2, 0) is 6.42 Å². The summed E-state index contributed by atoms with van der Waals surface area (Å²) in [5, 5.41) is 1.58. The second-order valence-corrected chi connectivity index (χ2v) is 5.83. The van der Waals surface area contributed by atoms with Crippen molar-refractivity contribution in [3.63, 3.8) is 0 Å². The fourth-order valence-electron chi connectivity index (χ4n) is 2.09. The Kier molecular flexibility index (Phi) is 3.96. The van der Waals surface area contributed by atoms with Gasteiger partial charge in [0.1, 0.15) is 0 Å². The van der Waals surface area contributed by atoms with Crippen LogP contribution in [0.1, 0.15) is 5.56 Å². The predicted octanol–water partition coefficient (Wildman–Crippen LogP) is 3.87. The van der Waals surface area contributed by atoms with Gasteiger partial charge in [-0.15, -0.1) is 0 Å². The normalized spacial score (nSPS) is 11.1. The maximum Gasteiger partial charge on any atom is 0.171 e. The standard InChI is InChI=1S/C15H14ClN3S/c16-11-5-3-4-10(8-9-17)14(11)20-15-18-12-6-1-2-7-13(12)19-15/h1-7H,8-9,17H2,(H,18,19). The number of aromatic nitrogens is 2. The van der Waals surface area contributed by atoms with Gasteiger partial charge in [-0.05, 0) is 48.5 Å². The van der Waals surface area contributed by atoms with E-state index in [1.807, 2.05) is 36.4 Å². The van der Waals surface area contributed by atoms with Crippen LogP contribution in [0.2, 0.25) is 5.02 Å². The lowest BCUT2D eigenvalue weighted by Crippen LogP contribution is -2.03. The van der Waals surface area contributed by atoms with E-state index in [1.165, 1.54) is 0 Å². The van der Waals surface area contributed by atoms with Crippen molar-refractivity contribution in [2.45, 2.75) is 16.5 Å². The topological polar surface area (TPSA) is 54.7 Å². The summed E-state index contributed by atoms with van der Waals surface area (Å²) in [5.74, 6) is 0. The van der Waals surface area contributed by atoms with Gasteiger partial charge in [0.15, 0.2) is 5.16 Å². The summed E-state index contributed by atoms with van der Waals surface area (Å²) in [6.07, 6.45) is 0.809. The molecule has 102 valence electrons. The molecule has 0 saturated carbocycles. The summed E-state index contributed by atoms with van der Waals surface area (Å²) in [6.45, 7) is 0.605. The SMILES string of the molecule is NCCc1cccc(Cl)c1Sc1nc2ccccc2[nH]1. The molecule has 0 bridgehead atoms. The lowest BCUT2D eigenvalue weighted by atomic mass is 10.1. The van der Waals surface area contributed by atoms with Gasteiger partial charge in [-0.3, -0.25) is 0 Å². The number of rotatable bonds is 4. The minimum absolute atomic E-state index is 0.605. The second kappa shape index (κ2) is 5.87. The van der Waals surface area contributed by atoms with Crippen LogP contribution >= 0.6 is 23.4 Å². The zero-order valence-electron chi connectivity index (χ0n) is 10.8. The first kappa shape index (κ1) is 13.5. The third kappa shape index (κ3) is 2.68. The van der Waals surface area contributed by atoms with Gasteiger partial charge in [0, 0.05) is 4.90 Å². The number of hydrogen-bond acceptors (Lipinski definition) is 3. The Balaban J connectivity index is 1.97. The van der Waals surface area contributed by atoms with E-state index in [2.05, 4.69) is 16.0 Å². The Morgan fingerprint density at radius 1 is 1.15 bits per heavy atom. The van der Waals surface area contributed by atoms with Crippen molar-refractivity contribution >= 4 is 34.4 Å². The average molecular weight is 304 g/mol. The number of benzene rings is 2. The summed E-state index contributed by atoms with van der Waals surface area (Å²) in [5.41, 5.74) is 8.81. The van der Waals surface area contributed by atoms with Crippen molar-refractivity contribution in [1.82, 2.24) is 9.97 Å². The summed E-state index contributed by atoms with van der Waals surface area (Å²) < 4.78 is 0. The maximum absolute atomic E-state index is 6.31. The zero-order chi connectivity index (χ0) is 13.9. The molecule has 3 rings (SSSR count). The molecule has 1 aromatic heterocycles. The highest BCUT2D eigenvalue weighted by Crippen LogP contribution is 2.35. The number of fused-ring (bicyclic) bond motifs is 1. The molecule has 0 aliphatic heterocycles. The van der Waals surface area contributed by atoms with Crippen LogP contribution < -0.4 is 5.73 Å². The van der Waals surface area contributed by atoms with Gasteiger partial charge in [0.05, 0.1) is 16.1 Å². The van der Waals surface area contributed by atoms with Gasteiger partial charge in [-0.25, -0.2) is 4.98 Å². The van der Waals surface area contributed by atoms with E-state index in [0.717, 1.165) is 38.1 Å². The first-order valence-corrected chi connectivity index (χ1v) is 7.57. The Hall–Kier alpha value is -1.49. The van der Waals surface area contributed by atoms with E-state index in [1.54, 1.807) is 11.8 Å². The highest BCUT2D eigenvalue weighted by Gasteiger charge is 2.11. The lowest BCUT2D eigenvalue weighted by molar-refractivity contribution is 0.942. The van der Waals surface area contributed by atoms with Crippen LogP contribution in [-0.4, -0.2) is 16.5 Å². The molecule has 5 heteroatoms. The molecule has 3 nitrogen and oxygen atoms in total. The van der Waals surface area contributed by atoms with Crippen molar-refractivity contribution in [3.8, 4) is 0 Å².